The SMILES string of the molecule is Cc1[nH]ncc1CCCNc1c(N)cncc1Br. The van der Waals surface area contributed by atoms with Crippen molar-refractivity contribution in [3.8, 4) is 0 Å². The fourth-order valence-electron chi connectivity index (χ4n) is 1.76. The molecule has 0 radical (unpaired) electrons. The summed E-state index contributed by atoms with van der Waals surface area (Å²) in [7, 11) is 0. The second kappa shape index (κ2) is 5.86. The highest BCUT2D eigenvalue weighted by Gasteiger charge is 2.04. The molecule has 2 aromatic rings. The number of anilines is 2. The van der Waals surface area contributed by atoms with Gasteiger partial charge in [-0.3, -0.25) is 10.1 Å². The lowest BCUT2D eigenvalue weighted by Gasteiger charge is -2.10. The van der Waals surface area contributed by atoms with Crippen LogP contribution in [0, 0.1) is 6.92 Å². The number of H-pyrrole nitrogens is 1. The zero-order valence-electron chi connectivity index (χ0n) is 10.2. The number of aromatic nitrogens is 3. The number of hydrogen-bond acceptors (Lipinski definition) is 4. The molecule has 0 aliphatic carbocycles. The second-order valence-corrected chi connectivity index (χ2v) is 4.99. The van der Waals surface area contributed by atoms with Crippen LogP contribution in [0.4, 0.5) is 11.4 Å². The van der Waals surface area contributed by atoms with Gasteiger partial charge in [0.15, 0.2) is 0 Å². The normalized spacial score (nSPS) is 10.6. The lowest BCUT2D eigenvalue weighted by molar-refractivity contribution is 0.857. The minimum absolute atomic E-state index is 0.656. The molecule has 0 unspecified atom stereocenters. The van der Waals surface area contributed by atoms with Crippen LogP contribution < -0.4 is 11.1 Å². The van der Waals surface area contributed by atoms with Crippen LogP contribution >= 0.6 is 15.9 Å². The zero-order chi connectivity index (χ0) is 13.0. The molecule has 2 rings (SSSR count). The third-order valence-corrected chi connectivity index (χ3v) is 3.39. The molecular formula is C12H16BrN5. The van der Waals surface area contributed by atoms with Crippen molar-refractivity contribution in [3.05, 3.63) is 34.3 Å². The first-order valence-electron chi connectivity index (χ1n) is 5.80. The van der Waals surface area contributed by atoms with Crippen molar-refractivity contribution in [2.24, 2.45) is 0 Å². The molecule has 0 spiro atoms. The molecule has 96 valence electrons. The van der Waals surface area contributed by atoms with E-state index in [1.807, 2.05) is 13.1 Å². The number of rotatable bonds is 5. The van der Waals surface area contributed by atoms with Gasteiger partial charge in [0.25, 0.3) is 0 Å². The van der Waals surface area contributed by atoms with Crippen LogP contribution in [0.1, 0.15) is 17.7 Å². The van der Waals surface area contributed by atoms with Crippen LogP contribution in [0.5, 0.6) is 0 Å². The molecule has 0 atom stereocenters. The Labute approximate surface area is 114 Å². The molecule has 0 aliphatic rings. The Kier molecular flexibility index (Phi) is 4.19. The van der Waals surface area contributed by atoms with Gasteiger partial charge in [0.05, 0.1) is 28.2 Å². The van der Waals surface area contributed by atoms with Crippen LogP contribution in [-0.2, 0) is 6.42 Å². The number of nitrogens with zero attached hydrogens (tertiary/aromatic N) is 2. The number of aryl methyl sites for hydroxylation is 2. The molecule has 2 aromatic heterocycles. The number of nitrogen functional groups attached to an aromatic ring is 1. The molecule has 2 heterocycles. The number of nitrogens with two attached hydrogens (primary N) is 1. The summed E-state index contributed by atoms with van der Waals surface area (Å²) in [6.45, 7) is 2.89. The van der Waals surface area contributed by atoms with Crippen LogP contribution in [0.15, 0.2) is 23.1 Å². The first-order valence-corrected chi connectivity index (χ1v) is 6.59. The van der Waals surface area contributed by atoms with Gasteiger partial charge in [0.1, 0.15) is 0 Å². The maximum atomic E-state index is 5.85. The average Bonchev–Trinajstić information content (AvgIpc) is 2.73. The van der Waals surface area contributed by atoms with Crippen molar-refractivity contribution < 1.29 is 0 Å². The summed E-state index contributed by atoms with van der Waals surface area (Å²) >= 11 is 3.43. The first kappa shape index (κ1) is 12.9. The molecular weight excluding hydrogens is 294 g/mol. The molecule has 0 saturated heterocycles. The lowest BCUT2D eigenvalue weighted by Crippen LogP contribution is -2.06. The predicted molar refractivity (Wildman–Crippen MR) is 76.5 cm³/mol. The monoisotopic (exact) mass is 309 g/mol. The number of nitrogens with one attached hydrogen (secondary N) is 2. The Morgan fingerprint density at radius 3 is 2.89 bits per heavy atom. The van der Waals surface area contributed by atoms with E-state index in [0.717, 1.165) is 35.2 Å². The zero-order valence-corrected chi connectivity index (χ0v) is 11.8. The summed E-state index contributed by atoms with van der Waals surface area (Å²) in [5, 5.41) is 10.3. The molecule has 0 saturated carbocycles. The van der Waals surface area contributed by atoms with E-state index < -0.39 is 0 Å². The Morgan fingerprint density at radius 2 is 2.22 bits per heavy atom. The Hall–Kier alpha value is -1.56. The van der Waals surface area contributed by atoms with Crippen LogP contribution in [-0.4, -0.2) is 21.7 Å². The molecule has 0 fully saturated rings. The van der Waals surface area contributed by atoms with Crippen LogP contribution in [0.2, 0.25) is 0 Å². The highest BCUT2D eigenvalue weighted by atomic mass is 79.9. The van der Waals surface area contributed by atoms with Gasteiger partial charge in [-0.1, -0.05) is 0 Å². The van der Waals surface area contributed by atoms with E-state index in [9.17, 15) is 0 Å². The third kappa shape index (κ3) is 3.01. The van der Waals surface area contributed by atoms with Gasteiger partial charge in [-0.05, 0) is 41.3 Å². The first-order chi connectivity index (χ1) is 8.68. The van der Waals surface area contributed by atoms with Crippen molar-refractivity contribution in [1.29, 1.82) is 0 Å². The van der Waals surface area contributed by atoms with E-state index in [1.54, 1.807) is 12.4 Å². The van der Waals surface area contributed by atoms with Crippen molar-refractivity contribution in [2.45, 2.75) is 19.8 Å². The quantitative estimate of drug-likeness (QED) is 0.741. The number of aromatic amines is 1. The molecule has 18 heavy (non-hydrogen) atoms. The van der Waals surface area contributed by atoms with Crippen LogP contribution in [0.3, 0.4) is 0 Å². The van der Waals surface area contributed by atoms with Crippen molar-refractivity contribution >= 4 is 27.3 Å². The highest BCUT2D eigenvalue weighted by molar-refractivity contribution is 9.10. The smallest absolute Gasteiger partial charge is 0.0750 e. The maximum Gasteiger partial charge on any atom is 0.0750 e. The van der Waals surface area contributed by atoms with Gasteiger partial charge in [-0.25, -0.2) is 0 Å². The largest absolute Gasteiger partial charge is 0.396 e. The third-order valence-electron chi connectivity index (χ3n) is 2.79. The topological polar surface area (TPSA) is 79.6 Å². The Bertz CT molecular complexity index is 503. The summed E-state index contributed by atoms with van der Waals surface area (Å²) in [6, 6.07) is 0. The van der Waals surface area contributed by atoms with Crippen molar-refractivity contribution in [1.82, 2.24) is 15.2 Å². The van der Waals surface area contributed by atoms with Gasteiger partial charge in [-0.2, -0.15) is 5.10 Å². The molecule has 0 aliphatic heterocycles. The van der Waals surface area contributed by atoms with E-state index in [2.05, 4.69) is 36.4 Å². The van der Waals surface area contributed by atoms with E-state index in [1.165, 1.54) is 5.56 Å². The van der Waals surface area contributed by atoms with Gasteiger partial charge in [-0.15, -0.1) is 0 Å². The number of hydrogen-bond donors (Lipinski definition) is 3. The van der Waals surface area contributed by atoms with Gasteiger partial charge in [0, 0.05) is 18.4 Å². The van der Waals surface area contributed by atoms with Gasteiger partial charge in [0.2, 0.25) is 0 Å². The summed E-state index contributed by atoms with van der Waals surface area (Å²) in [5.41, 5.74) is 9.82. The van der Waals surface area contributed by atoms with Gasteiger partial charge < -0.3 is 11.1 Å². The number of halogens is 1. The van der Waals surface area contributed by atoms with E-state index in [0.29, 0.717) is 5.69 Å². The van der Waals surface area contributed by atoms with Crippen molar-refractivity contribution in [3.63, 3.8) is 0 Å². The molecule has 6 heteroatoms. The number of pyridine rings is 1. The summed E-state index contributed by atoms with van der Waals surface area (Å²) < 4.78 is 0.891. The average molecular weight is 310 g/mol. The molecule has 5 nitrogen and oxygen atoms in total. The summed E-state index contributed by atoms with van der Waals surface area (Å²) in [6.07, 6.45) is 7.28. The van der Waals surface area contributed by atoms with Crippen molar-refractivity contribution in [2.75, 3.05) is 17.6 Å². The highest BCUT2D eigenvalue weighted by Crippen LogP contribution is 2.26. The molecule has 4 N–H and O–H groups in total. The van der Waals surface area contributed by atoms with E-state index >= 15 is 0 Å². The lowest BCUT2D eigenvalue weighted by atomic mass is 10.1. The Morgan fingerprint density at radius 1 is 1.39 bits per heavy atom. The van der Waals surface area contributed by atoms with Crippen LogP contribution in [0.25, 0.3) is 0 Å². The Balaban J connectivity index is 1.84. The minimum atomic E-state index is 0.656. The molecule has 0 bridgehead atoms. The maximum absolute atomic E-state index is 5.85. The predicted octanol–water partition coefficient (Wildman–Crippen LogP) is 2.50. The summed E-state index contributed by atoms with van der Waals surface area (Å²) in [5.74, 6) is 0. The van der Waals surface area contributed by atoms with Gasteiger partial charge >= 0.3 is 0 Å². The fraction of sp³-hybridized carbons (Fsp3) is 0.333. The van der Waals surface area contributed by atoms with E-state index in [-0.39, 0.29) is 0 Å². The van der Waals surface area contributed by atoms with E-state index in [4.69, 9.17) is 5.73 Å². The molecule has 0 amide bonds. The fourth-order valence-corrected chi connectivity index (χ4v) is 2.24. The second-order valence-electron chi connectivity index (χ2n) is 4.14. The standard InChI is InChI=1S/C12H16BrN5/c1-8-9(5-17-18-8)3-2-4-16-12-10(13)6-15-7-11(12)14/h5-7H,2-4,14H2,1H3,(H,15,16)(H,17,18). The minimum Gasteiger partial charge on any atom is -0.396 e. The summed E-state index contributed by atoms with van der Waals surface area (Å²) in [4.78, 5) is 4.00. The molecule has 0 aromatic carbocycles.